The number of aliphatic hydroxyl groups is 1. The molecule has 0 unspecified atom stereocenters. The minimum Gasteiger partial charge on any atom is -0.385 e. The molecule has 2 rings (SSSR count). The first kappa shape index (κ1) is 16.3. The molecule has 21 heavy (non-hydrogen) atoms. The molecule has 1 saturated carbocycles. The molecular formula is C16H22F3NO. The first-order valence-electron chi connectivity index (χ1n) is 7.40. The van der Waals surface area contributed by atoms with E-state index in [1.54, 1.807) is 6.92 Å². The number of rotatable bonds is 3. The molecule has 1 aromatic carbocycles. The van der Waals surface area contributed by atoms with Gasteiger partial charge in [-0.1, -0.05) is 13.0 Å². The van der Waals surface area contributed by atoms with Crippen molar-refractivity contribution in [1.82, 2.24) is 5.32 Å². The van der Waals surface area contributed by atoms with Crippen LogP contribution >= 0.6 is 0 Å². The number of hydrogen-bond acceptors (Lipinski definition) is 2. The molecule has 118 valence electrons. The zero-order valence-corrected chi connectivity index (χ0v) is 12.4. The minimum absolute atomic E-state index is 0.394. The Morgan fingerprint density at radius 1 is 1.29 bits per heavy atom. The molecule has 0 spiro atoms. The Kier molecular flexibility index (Phi) is 4.63. The van der Waals surface area contributed by atoms with Crippen LogP contribution in [-0.2, 0) is 11.8 Å². The van der Waals surface area contributed by atoms with Crippen molar-refractivity contribution in [3.63, 3.8) is 0 Å². The topological polar surface area (TPSA) is 32.3 Å². The van der Waals surface area contributed by atoms with Crippen molar-refractivity contribution in [2.24, 2.45) is 0 Å². The van der Waals surface area contributed by atoms with Gasteiger partial charge >= 0.3 is 6.18 Å². The van der Waals surface area contributed by atoms with E-state index >= 15 is 0 Å². The Labute approximate surface area is 123 Å². The zero-order chi connectivity index (χ0) is 15.7. The summed E-state index contributed by atoms with van der Waals surface area (Å²) in [6.45, 7) is 4.57. The van der Waals surface area contributed by atoms with Gasteiger partial charge < -0.3 is 10.4 Å². The third-order valence-electron chi connectivity index (χ3n) is 4.36. The van der Waals surface area contributed by atoms with Crippen LogP contribution in [0.4, 0.5) is 13.2 Å². The Balaban J connectivity index is 2.19. The first-order valence-corrected chi connectivity index (χ1v) is 7.40. The van der Waals surface area contributed by atoms with Crippen LogP contribution in [-0.4, -0.2) is 17.7 Å². The fraction of sp³-hybridized carbons (Fsp3) is 0.625. The lowest BCUT2D eigenvalue weighted by atomic mass is 9.76. The second-order valence-electron chi connectivity index (χ2n) is 5.89. The van der Waals surface area contributed by atoms with Crippen LogP contribution in [0.5, 0.6) is 0 Å². The zero-order valence-electron chi connectivity index (χ0n) is 12.4. The van der Waals surface area contributed by atoms with E-state index in [2.05, 4.69) is 5.32 Å². The van der Waals surface area contributed by atoms with Gasteiger partial charge in [-0.15, -0.1) is 0 Å². The van der Waals surface area contributed by atoms with Crippen molar-refractivity contribution in [2.75, 3.05) is 6.54 Å². The van der Waals surface area contributed by atoms with Crippen LogP contribution in [0.2, 0.25) is 0 Å². The van der Waals surface area contributed by atoms with Crippen molar-refractivity contribution in [3.8, 4) is 0 Å². The van der Waals surface area contributed by atoms with Gasteiger partial charge in [-0.25, -0.2) is 0 Å². The van der Waals surface area contributed by atoms with Gasteiger partial charge in [0.05, 0.1) is 11.2 Å². The molecule has 1 aliphatic rings. The molecule has 5 heteroatoms. The molecule has 0 radical (unpaired) electrons. The lowest BCUT2D eigenvalue weighted by molar-refractivity contribution is -0.137. The third kappa shape index (κ3) is 3.58. The van der Waals surface area contributed by atoms with Crippen LogP contribution in [0.3, 0.4) is 0 Å². The van der Waals surface area contributed by atoms with Crippen LogP contribution in [0.1, 0.15) is 49.3 Å². The third-order valence-corrected chi connectivity index (χ3v) is 4.36. The molecule has 2 N–H and O–H groups in total. The number of nitrogens with one attached hydrogen (secondary N) is 1. The molecular weight excluding hydrogens is 279 g/mol. The van der Waals surface area contributed by atoms with E-state index in [4.69, 9.17) is 0 Å². The molecule has 0 amide bonds. The number of halogens is 3. The van der Waals surface area contributed by atoms with Crippen LogP contribution in [0.25, 0.3) is 0 Å². The van der Waals surface area contributed by atoms with Gasteiger partial charge in [0.15, 0.2) is 0 Å². The highest BCUT2D eigenvalue weighted by Crippen LogP contribution is 2.40. The molecule has 1 fully saturated rings. The van der Waals surface area contributed by atoms with Gasteiger partial charge in [-0.2, -0.15) is 13.2 Å². The number of alkyl halides is 3. The van der Waals surface area contributed by atoms with Gasteiger partial charge in [-0.05, 0) is 62.4 Å². The second-order valence-corrected chi connectivity index (χ2v) is 5.89. The van der Waals surface area contributed by atoms with E-state index in [0.717, 1.165) is 31.5 Å². The summed E-state index contributed by atoms with van der Waals surface area (Å²) in [5.41, 5.74) is -0.520. The molecule has 0 heterocycles. The molecule has 2 nitrogen and oxygen atoms in total. The van der Waals surface area contributed by atoms with Gasteiger partial charge in [0.1, 0.15) is 0 Å². The van der Waals surface area contributed by atoms with Gasteiger partial charge in [0.2, 0.25) is 0 Å². The standard InChI is InChI=1S/C16H22F3NO/c1-3-20-13-6-8-15(21,9-7-13)14-5-4-12(10-11(14)2)16(17,18)19/h4-5,10,13,20-21H,3,6-9H2,1-2H3. The highest BCUT2D eigenvalue weighted by Gasteiger charge is 2.37. The quantitative estimate of drug-likeness (QED) is 0.891. The Hall–Kier alpha value is -1.07. The van der Waals surface area contributed by atoms with Crippen LogP contribution in [0.15, 0.2) is 18.2 Å². The average Bonchev–Trinajstić information content (AvgIpc) is 2.40. The maximum Gasteiger partial charge on any atom is 0.416 e. The monoisotopic (exact) mass is 301 g/mol. The van der Waals surface area contributed by atoms with Gasteiger partial charge in [0, 0.05) is 6.04 Å². The van der Waals surface area contributed by atoms with Crippen LogP contribution < -0.4 is 5.32 Å². The maximum atomic E-state index is 12.7. The smallest absolute Gasteiger partial charge is 0.385 e. The van der Waals surface area contributed by atoms with Crippen molar-refractivity contribution in [3.05, 3.63) is 34.9 Å². The SMILES string of the molecule is CCNC1CCC(O)(c2ccc(C(F)(F)F)cc2C)CC1. The average molecular weight is 301 g/mol. The van der Waals surface area contributed by atoms with E-state index < -0.39 is 17.3 Å². The summed E-state index contributed by atoms with van der Waals surface area (Å²) >= 11 is 0. The summed E-state index contributed by atoms with van der Waals surface area (Å²) in [4.78, 5) is 0. The highest BCUT2D eigenvalue weighted by atomic mass is 19.4. The maximum absolute atomic E-state index is 12.7. The van der Waals surface area contributed by atoms with Crippen molar-refractivity contribution < 1.29 is 18.3 Å². The van der Waals surface area contributed by atoms with Gasteiger partial charge in [-0.3, -0.25) is 0 Å². The Morgan fingerprint density at radius 2 is 1.90 bits per heavy atom. The van der Waals surface area contributed by atoms with E-state index in [0.29, 0.717) is 30.0 Å². The number of benzene rings is 1. The second kappa shape index (κ2) is 5.97. The normalized spacial score (nSPS) is 26.9. The lowest BCUT2D eigenvalue weighted by Crippen LogP contribution is -2.40. The molecule has 0 saturated heterocycles. The number of aryl methyl sites for hydroxylation is 1. The van der Waals surface area contributed by atoms with Crippen molar-refractivity contribution in [1.29, 1.82) is 0 Å². The minimum atomic E-state index is -4.34. The summed E-state index contributed by atoms with van der Waals surface area (Å²) in [5.74, 6) is 0. The van der Waals surface area contributed by atoms with E-state index in [9.17, 15) is 18.3 Å². The summed E-state index contributed by atoms with van der Waals surface area (Å²) in [6, 6.07) is 4.02. The van der Waals surface area contributed by atoms with E-state index in [1.165, 1.54) is 6.07 Å². The van der Waals surface area contributed by atoms with E-state index in [1.807, 2.05) is 6.92 Å². The first-order chi connectivity index (χ1) is 9.76. The highest BCUT2D eigenvalue weighted by molar-refractivity contribution is 5.36. The molecule has 0 bridgehead atoms. The molecule has 1 aliphatic carbocycles. The fourth-order valence-corrected chi connectivity index (χ4v) is 3.22. The van der Waals surface area contributed by atoms with Crippen molar-refractivity contribution in [2.45, 2.75) is 57.3 Å². The largest absolute Gasteiger partial charge is 0.416 e. The molecule has 1 aromatic rings. The molecule has 0 aromatic heterocycles. The lowest BCUT2D eigenvalue weighted by Gasteiger charge is -2.37. The summed E-state index contributed by atoms with van der Waals surface area (Å²) in [5, 5.41) is 14.2. The fourth-order valence-electron chi connectivity index (χ4n) is 3.22. The number of hydrogen-bond donors (Lipinski definition) is 2. The summed E-state index contributed by atoms with van der Waals surface area (Å²) < 4.78 is 38.1. The predicted octanol–water partition coefficient (Wildman–Crippen LogP) is 3.75. The van der Waals surface area contributed by atoms with Crippen molar-refractivity contribution >= 4 is 0 Å². The summed E-state index contributed by atoms with van der Waals surface area (Å²) in [7, 11) is 0. The van der Waals surface area contributed by atoms with Gasteiger partial charge in [0.25, 0.3) is 0 Å². The van der Waals surface area contributed by atoms with E-state index in [-0.39, 0.29) is 0 Å². The molecule has 0 atom stereocenters. The Morgan fingerprint density at radius 3 is 2.38 bits per heavy atom. The van der Waals surface area contributed by atoms with Crippen LogP contribution in [0, 0.1) is 6.92 Å². The Bertz CT molecular complexity index is 491. The summed E-state index contributed by atoms with van der Waals surface area (Å²) in [6.07, 6.45) is -1.50. The predicted molar refractivity (Wildman–Crippen MR) is 76.0 cm³/mol. The molecule has 0 aliphatic heterocycles.